The summed E-state index contributed by atoms with van der Waals surface area (Å²) in [5.74, 6) is 4.14. The smallest absolute Gasteiger partial charge is 0.274 e. The zero-order chi connectivity index (χ0) is 31.3. The number of benzene rings is 1. The molecular weight excluding hydrogens is 609 g/mol. The van der Waals surface area contributed by atoms with Gasteiger partial charge in [-0.15, -0.1) is 0 Å². The van der Waals surface area contributed by atoms with Crippen LogP contribution in [0.5, 0.6) is 0 Å². The average Bonchev–Trinajstić information content (AvgIpc) is 3.62. The number of sulfone groups is 1. The maximum absolute atomic E-state index is 15.5. The molecule has 2 aliphatic heterocycles. The van der Waals surface area contributed by atoms with E-state index in [4.69, 9.17) is 15.6 Å². The third kappa shape index (κ3) is 6.16. The van der Waals surface area contributed by atoms with Crippen molar-refractivity contribution >= 4 is 42.6 Å². The molecule has 2 aromatic heterocycles. The SMILES string of the molecule is CCS(=O)(=O)c1cc(N2CC[C@@H](O)C2)cc(F)c1C#Cc1cn([C@@H]2O[C@H](CNS(N)(=O)=O)[C@@H](O)[C@H]2O)c2ncnc(N)c12. The van der Waals surface area contributed by atoms with E-state index in [0.29, 0.717) is 18.7 Å². The lowest BCUT2D eigenvalue weighted by Crippen LogP contribution is -2.42. The first-order chi connectivity index (χ1) is 20.2. The number of rotatable bonds is 7. The molecule has 0 radical (unpaired) electrons. The monoisotopic (exact) mass is 639 g/mol. The highest BCUT2D eigenvalue weighted by Crippen LogP contribution is 2.35. The van der Waals surface area contributed by atoms with Gasteiger partial charge in [0.1, 0.15) is 41.9 Å². The molecule has 2 saturated heterocycles. The van der Waals surface area contributed by atoms with Crippen LogP contribution in [0.15, 0.2) is 29.6 Å². The minimum atomic E-state index is -4.11. The molecule has 18 heteroatoms. The summed E-state index contributed by atoms with van der Waals surface area (Å²) < 4.78 is 73.2. The van der Waals surface area contributed by atoms with Crippen LogP contribution in [-0.4, -0.2) is 96.5 Å². The van der Waals surface area contributed by atoms with Crippen molar-refractivity contribution in [3.05, 3.63) is 41.6 Å². The number of halogens is 1. The predicted octanol–water partition coefficient (Wildman–Crippen LogP) is -1.67. The summed E-state index contributed by atoms with van der Waals surface area (Å²) >= 11 is 0. The third-order valence-corrected chi connectivity index (χ3v) is 9.66. The number of nitrogen functional groups attached to an aromatic ring is 1. The molecule has 5 rings (SSSR count). The fourth-order valence-electron chi connectivity index (χ4n) is 5.10. The molecule has 5 atom stereocenters. The maximum Gasteiger partial charge on any atom is 0.274 e. The Bertz CT molecular complexity index is 1840. The predicted molar refractivity (Wildman–Crippen MR) is 152 cm³/mol. The lowest BCUT2D eigenvalue weighted by atomic mass is 10.1. The molecule has 8 N–H and O–H groups in total. The standard InChI is InChI=1S/C25H30FN7O8S2/c1-2-42(37,38)19-8-14(32-6-5-15(34)11-32)7-17(26)16(19)4-3-13-10-33(24-20(13)23(27)29-12-30-24)25-22(36)21(35)18(41-25)9-31-43(28,39)40/h7-8,10,12,15,18,21-22,25,31,34-36H,2,5-6,9,11H2,1H3,(H2,27,29,30)(H2,28,39,40)/t15-,18-,21-,22-,25-/m1/s1. The summed E-state index contributed by atoms with van der Waals surface area (Å²) in [5, 5.41) is 36.2. The fraction of sp³-hybridized carbons (Fsp3) is 0.440. The molecule has 15 nitrogen and oxygen atoms in total. The Hall–Kier alpha value is -3.41. The summed E-state index contributed by atoms with van der Waals surface area (Å²) in [5.41, 5.74) is 6.29. The zero-order valence-corrected chi connectivity index (χ0v) is 24.4. The summed E-state index contributed by atoms with van der Waals surface area (Å²) in [4.78, 5) is 9.53. The van der Waals surface area contributed by atoms with Gasteiger partial charge < -0.3 is 35.3 Å². The van der Waals surface area contributed by atoms with Gasteiger partial charge in [0, 0.05) is 31.5 Å². The second-order valence-electron chi connectivity index (χ2n) is 10.2. The van der Waals surface area contributed by atoms with Crippen LogP contribution in [0.1, 0.15) is 30.7 Å². The number of nitrogens with zero attached hydrogens (tertiary/aromatic N) is 4. The van der Waals surface area contributed by atoms with Gasteiger partial charge in [-0.1, -0.05) is 18.8 Å². The molecule has 0 saturated carbocycles. The Morgan fingerprint density at radius 1 is 1.16 bits per heavy atom. The van der Waals surface area contributed by atoms with E-state index in [-0.39, 0.29) is 45.2 Å². The van der Waals surface area contributed by atoms with Crippen LogP contribution in [0.4, 0.5) is 15.9 Å². The zero-order valence-electron chi connectivity index (χ0n) is 22.8. The number of hydrogen-bond donors (Lipinski definition) is 6. The second-order valence-corrected chi connectivity index (χ2v) is 13.8. The first-order valence-electron chi connectivity index (χ1n) is 13.1. The first-order valence-corrected chi connectivity index (χ1v) is 16.3. The average molecular weight is 640 g/mol. The molecule has 1 aromatic carbocycles. The molecule has 0 spiro atoms. The van der Waals surface area contributed by atoms with Gasteiger partial charge in [0.05, 0.1) is 33.3 Å². The van der Waals surface area contributed by atoms with E-state index in [9.17, 15) is 32.2 Å². The number of fused-ring (bicyclic) bond motifs is 1. The number of aromatic nitrogens is 3. The van der Waals surface area contributed by atoms with Crippen molar-refractivity contribution in [2.75, 3.05) is 36.0 Å². The Kier molecular flexibility index (Phi) is 8.36. The van der Waals surface area contributed by atoms with Crippen LogP contribution >= 0.6 is 0 Å². The number of anilines is 2. The van der Waals surface area contributed by atoms with Gasteiger partial charge in [0.2, 0.25) is 0 Å². The van der Waals surface area contributed by atoms with Gasteiger partial charge in [-0.2, -0.15) is 13.1 Å². The number of nitrogens with one attached hydrogen (secondary N) is 1. The maximum atomic E-state index is 15.5. The largest absolute Gasteiger partial charge is 0.391 e. The van der Waals surface area contributed by atoms with Crippen LogP contribution in [0.2, 0.25) is 0 Å². The number of aliphatic hydroxyl groups is 3. The van der Waals surface area contributed by atoms with Gasteiger partial charge >= 0.3 is 0 Å². The molecular formula is C25H30FN7O8S2. The lowest BCUT2D eigenvalue weighted by molar-refractivity contribution is -0.0327. The highest BCUT2D eigenvalue weighted by atomic mass is 32.2. The Balaban J connectivity index is 1.58. The van der Waals surface area contributed by atoms with Gasteiger partial charge in [0.15, 0.2) is 16.1 Å². The molecule has 0 amide bonds. The highest BCUT2D eigenvalue weighted by Gasteiger charge is 2.44. The Morgan fingerprint density at radius 2 is 1.91 bits per heavy atom. The fourth-order valence-corrected chi connectivity index (χ4v) is 6.57. The van der Waals surface area contributed by atoms with E-state index in [1.54, 1.807) is 4.90 Å². The summed E-state index contributed by atoms with van der Waals surface area (Å²) in [7, 11) is -8.05. The van der Waals surface area contributed by atoms with Crippen molar-refractivity contribution in [2.24, 2.45) is 5.14 Å². The number of β-amino-alcohol motifs (C(OH)–C–C–N with tert-alkyl or cyclic N) is 1. The Labute approximate surface area is 246 Å². The van der Waals surface area contributed by atoms with E-state index in [1.165, 1.54) is 23.8 Å². The van der Waals surface area contributed by atoms with E-state index in [1.807, 2.05) is 4.72 Å². The number of ether oxygens (including phenoxy) is 1. The topological polar surface area (TPSA) is 236 Å². The van der Waals surface area contributed by atoms with Crippen molar-refractivity contribution in [3.8, 4) is 11.8 Å². The molecule has 3 aromatic rings. The molecule has 2 aliphatic rings. The van der Waals surface area contributed by atoms with Crippen LogP contribution in [0, 0.1) is 17.7 Å². The molecule has 232 valence electrons. The first kappa shape index (κ1) is 31.0. The molecule has 4 heterocycles. The normalized spacial score (nSPS) is 24.4. The van der Waals surface area contributed by atoms with E-state index < -0.39 is 63.1 Å². The number of nitrogens with two attached hydrogens (primary N) is 2. The lowest BCUT2D eigenvalue weighted by Gasteiger charge is -2.19. The highest BCUT2D eigenvalue weighted by molar-refractivity contribution is 7.91. The van der Waals surface area contributed by atoms with E-state index >= 15 is 4.39 Å². The summed E-state index contributed by atoms with van der Waals surface area (Å²) in [6.45, 7) is 1.66. The van der Waals surface area contributed by atoms with Crippen LogP contribution < -0.4 is 20.5 Å². The van der Waals surface area contributed by atoms with Crippen molar-refractivity contribution in [1.82, 2.24) is 19.3 Å². The summed E-state index contributed by atoms with van der Waals surface area (Å²) in [6.07, 6.45) is -3.16. The minimum Gasteiger partial charge on any atom is -0.391 e. The quantitative estimate of drug-likeness (QED) is 0.159. The van der Waals surface area contributed by atoms with Gasteiger partial charge in [0.25, 0.3) is 10.2 Å². The Morgan fingerprint density at radius 3 is 2.56 bits per heavy atom. The van der Waals surface area contributed by atoms with Crippen molar-refractivity contribution in [3.63, 3.8) is 0 Å². The van der Waals surface area contributed by atoms with Crippen molar-refractivity contribution in [1.29, 1.82) is 0 Å². The molecule has 0 bridgehead atoms. The number of aliphatic hydroxyl groups excluding tert-OH is 3. The molecule has 43 heavy (non-hydrogen) atoms. The molecule has 0 aliphatic carbocycles. The van der Waals surface area contributed by atoms with Crippen LogP contribution in [0.3, 0.4) is 0 Å². The van der Waals surface area contributed by atoms with Crippen molar-refractivity contribution < 1.29 is 41.3 Å². The molecule has 2 fully saturated rings. The van der Waals surface area contributed by atoms with Crippen LogP contribution in [0.25, 0.3) is 11.0 Å². The van der Waals surface area contributed by atoms with E-state index in [0.717, 1.165) is 12.4 Å². The minimum absolute atomic E-state index is 0.0293. The number of hydrogen-bond acceptors (Lipinski definition) is 12. The summed E-state index contributed by atoms with van der Waals surface area (Å²) in [6, 6.07) is 2.50. The van der Waals surface area contributed by atoms with Gasteiger partial charge in [-0.3, -0.25) is 0 Å². The molecule has 0 unspecified atom stereocenters. The van der Waals surface area contributed by atoms with Gasteiger partial charge in [-0.05, 0) is 18.6 Å². The second kappa shape index (κ2) is 11.6. The van der Waals surface area contributed by atoms with Crippen molar-refractivity contribution in [2.45, 2.75) is 48.9 Å². The van der Waals surface area contributed by atoms with Gasteiger partial charge in [-0.25, -0.2) is 27.9 Å². The third-order valence-electron chi connectivity index (χ3n) is 7.34. The van der Waals surface area contributed by atoms with E-state index in [2.05, 4.69) is 21.8 Å². The van der Waals surface area contributed by atoms with Crippen LogP contribution in [-0.2, 0) is 24.8 Å².